The van der Waals surface area contributed by atoms with Gasteiger partial charge in [-0.3, -0.25) is 9.69 Å². The topological polar surface area (TPSA) is 45.7 Å². The van der Waals surface area contributed by atoms with E-state index in [9.17, 15) is 13.6 Å². The van der Waals surface area contributed by atoms with Gasteiger partial charge in [-0.2, -0.15) is 0 Å². The van der Waals surface area contributed by atoms with Crippen LogP contribution in [0.4, 0.5) is 19.6 Å². The molecule has 140 valence electrons. The minimum atomic E-state index is -0.752. The molecule has 1 fully saturated rings. The van der Waals surface area contributed by atoms with Gasteiger partial charge in [0.05, 0.1) is 23.4 Å². The maximum Gasteiger partial charge on any atom is 0.260 e. The third-order valence-electron chi connectivity index (χ3n) is 4.47. The van der Waals surface area contributed by atoms with Crippen LogP contribution in [-0.2, 0) is 4.74 Å². The van der Waals surface area contributed by atoms with E-state index >= 15 is 0 Å². The van der Waals surface area contributed by atoms with Crippen molar-refractivity contribution in [3.63, 3.8) is 0 Å². The number of benzene rings is 2. The molecule has 1 aliphatic heterocycles. The summed E-state index contributed by atoms with van der Waals surface area (Å²) in [7, 11) is 1.55. The number of para-hydroxylation sites is 1. The zero-order chi connectivity index (χ0) is 19.0. The summed E-state index contributed by atoms with van der Waals surface area (Å²) in [6, 6.07) is 9.68. The maximum atomic E-state index is 14.6. The molecule has 0 unspecified atom stereocenters. The Bertz CT molecular complexity index is 946. The summed E-state index contributed by atoms with van der Waals surface area (Å²) in [6.45, 7) is 1.65. The molecule has 3 aromatic rings. The standard InChI is InChI=1S/C19H17F2N3O2S/c1-23(19-22-15-4-2-3-5-16(15)27-19)18(25)12-10-13(20)17(14(21)11-12)24-6-8-26-9-7-24/h2-5,10-11H,6-9H2,1H3. The van der Waals surface area contributed by atoms with Crippen LogP contribution in [0.3, 0.4) is 0 Å². The van der Waals surface area contributed by atoms with Crippen LogP contribution in [0.25, 0.3) is 10.2 Å². The van der Waals surface area contributed by atoms with Gasteiger partial charge in [0.15, 0.2) is 5.13 Å². The second-order valence-corrected chi connectivity index (χ2v) is 7.23. The van der Waals surface area contributed by atoms with Crippen molar-refractivity contribution >= 4 is 38.3 Å². The minimum Gasteiger partial charge on any atom is -0.378 e. The summed E-state index contributed by atoms with van der Waals surface area (Å²) < 4.78 is 35.3. The van der Waals surface area contributed by atoms with Crippen molar-refractivity contribution in [1.29, 1.82) is 0 Å². The third kappa shape index (κ3) is 3.38. The summed E-state index contributed by atoms with van der Waals surface area (Å²) in [6.07, 6.45) is 0. The van der Waals surface area contributed by atoms with Gasteiger partial charge in [-0.05, 0) is 24.3 Å². The van der Waals surface area contributed by atoms with E-state index in [1.54, 1.807) is 11.9 Å². The number of thiazole rings is 1. The largest absolute Gasteiger partial charge is 0.378 e. The highest BCUT2D eigenvalue weighted by atomic mass is 32.1. The minimum absolute atomic E-state index is 0.0521. The molecule has 1 aromatic heterocycles. The second kappa shape index (κ2) is 7.21. The van der Waals surface area contributed by atoms with Crippen LogP contribution < -0.4 is 9.80 Å². The highest BCUT2D eigenvalue weighted by molar-refractivity contribution is 7.22. The van der Waals surface area contributed by atoms with Crippen LogP contribution in [0.2, 0.25) is 0 Å². The molecule has 0 atom stereocenters. The number of fused-ring (bicyclic) bond motifs is 1. The lowest BCUT2D eigenvalue weighted by molar-refractivity contribution is 0.0992. The number of carbonyl (C=O) groups excluding carboxylic acids is 1. The molecule has 0 aliphatic carbocycles. The van der Waals surface area contributed by atoms with E-state index in [0.29, 0.717) is 31.4 Å². The first-order chi connectivity index (χ1) is 13.0. The monoisotopic (exact) mass is 389 g/mol. The van der Waals surface area contributed by atoms with E-state index < -0.39 is 17.5 Å². The van der Waals surface area contributed by atoms with Crippen LogP contribution in [0.1, 0.15) is 10.4 Å². The predicted molar refractivity (Wildman–Crippen MR) is 102 cm³/mol. The average Bonchev–Trinajstić information content (AvgIpc) is 3.11. The number of ether oxygens (including phenoxy) is 1. The van der Waals surface area contributed by atoms with E-state index in [2.05, 4.69) is 4.98 Å². The first kappa shape index (κ1) is 17.8. The lowest BCUT2D eigenvalue weighted by atomic mass is 10.1. The Hall–Kier alpha value is -2.58. The maximum absolute atomic E-state index is 14.6. The number of hydrogen-bond donors (Lipinski definition) is 0. The first-order valence-corrected chi connectivity index (χ1v) is 9.31. The van der Waals surface area contributed by atoms with Crippen LogP contribution in [0, 0.1) is 11.6 Å². The molecule has 27 heavy (non-hydrogen) atoms. The van der Waals surface area contributed by atoms with E-state index in [1.807, 2.05) is 24.3 Å². The van der Waals surface area contributed by atoms with Gasteiger partial charge in [-0.25, -0.2) is 13.8 Å². The van der Waals surface area contributed by atoms with Crippen LogP contribution in [-0.4, -0.2) is 44.2 Å². The molecule has 0 spiro atoms. The van der Waals surface area contributed by atoms with Crippen molar-refractivity contribution in [1.82, 2.24) is 4.98 Å². The predicted octanol–water partition coefficient (Wildman–Crippen LogP) is 3.69. The molecule has 0 bridgehead atoms. The second-order valence-electron chi connectivity index (χ2n) is 6.22. The lowest BCUT2D eigenvalue weighted by Crippen LogP contribution is -2.37. The van der Waals surface area contributed by atoms with Gasteiger partial charge in [0.1, 0.15) is 17.3 Å². The van der Waals surface area contributed by atoms with Crippen molar-refractivity contribution in [3.05, 3.63) is 53.6 Å². The van der Waals surface area contributed by atoms with Crippen molar-refractivity contribution in [2.24, 2.45) is 0 Å². The zero-order valence-electron chi connectivity index (χ0n) is 14.6. The van der Waals surface area contributed by atoms with E-state index in [0.717, 1.165) is 22.3 Å². The molecule has 0 saturated carbocycles. The van der Waals surface area contributed by atoms with Gasteiger partial charge in [0.25, 0.3) is 5.91 Å². The van der Waals surface area contributed by atoms with Crippen LogP contribution in [0.15, 0.2) is 36.4 Å². The molecule has 2 aromatic carbocycles. The van der Waals surface area contributed by atoms with Gasteiger partial charge in [-0.15, -0.1) is 0 Å². The number of amides is 1. The average molecular weight is 389 g/mol. The van der Waals surface area contributed by atoms with E-state index in [1.165, 1.54) is 16.2 Å². The Morgan fingerprint density at radius 3 is 2.52 bits per heavy atom. The Morgan fingerprint density at radius 1 is 1.19 bits per heavy atom. The fourth-order valence-corrected chi connectivity index (χ4v) is 3.99. The Kier molecular flexibility index (Phi) is 4.75. The number of morpholine rings is 1. The number of nitrogens with zero attached hydrogens (tertiary/aromatic N) is 3. The normalized spacial score (nSPS) is 14.6. The van der Waals surface area contributed by atoms with Gasteiger partial charge < -0.3 is 9.64 Å². The summed E-state index contributed by atoms with van der Waals surface area (Å²) in [5, 5.41) is 0.472. The van der Waals surface area contributed by atoms with Gasteiger partial charge >= 0.3 is 0 Å². The third-order valence-corrected chi connectivity index (χ3v) is 5.58. The van der Waals surface area contributed by atoms with Gasteiger partial charge in [-0.1, -0.05) is 23.5 Å². The van der Waals surface area contributed by atoms with Crippen molar-refractivity contribution in [3.8, 4) is 0 Å². The summed E-state index contributed by atoms with van der Waals surface area (Å²) in [5.41, 5.74) is 0.610. The van der Waals surface area contributed by atoms with Gasteiger partial charge in [0.2, 0.25) is 0 Å². The van der Waals surface area contributed by atoms with Crippen molar-refractivity contribution < 1.29 is 18.3 Å². The fraction of sp³-hybridized carbons (Fsp3) is 0.263. The number of hydrogen-bond acceptors (Lipinski definition) is 5. The van der Waals surface area contributed by atoms with Gasteiger partial charge in [0, 0.05) is 25.7 Å². The first-order valence-electron chi connectivity index (χ1n) is 8.50. The number of carbonyl (C=O) groups is 1. The van der Waals surface area contributed by atoms with Crippen molar-refractivity contribution in [2.45, 2.75) is 0 Å². The Labute approximate surface area is 158 Å². The number of halogens is 2. The smallest absolute Gasteiger partial charge is 0.260 e. The molecule has 0 N–H and O–H groups in total. The lowest BCUT2D eigenvalue weighted by Gasteiger charge is -2.29. The Morgan fingerprint density at radius 2 is 1.85 bits per heavy atom. The molecular weight excluding hydrogens is 372 g/mol. The molecule has 1 saturated heterocycles. The van der Waals surface area contributed by atoms with Crippen molar-refractivity contribution in [2.75, 3.05) is 43.2 Å². The van der Waals surface area contributed by atoms with Crippen LogP contribution >= 0.6 is 11.3 Å². The number of rotatable bonds is 3. The molecule has 1 amide bonds. The highest BCUT2D eigenvalue weighted by Crippen LogP contribution is 2.30. The molecule has 2 heterocycles. The Balaban J connectivity index is 1.63. The summed E-state index contributed by atoms with van der Waals surface area (Å²) >= 11 is 1.35. The molecule has 1 aliphatic rings. The highest BCUT2D eigenvalue weighted by Gasteiger charge is 2.24. The molecule has 4 rings (SSSR count). The molecule has 0 radical (unpaired) electrons. The number of aromatic nitrogens is 1. The molecular formula is C19H17F2N3O2S. The summed E-state index contributed by atoms with van der Waals surface area (Å²) in [4.78, 5) is 20.1. The summed E-state index contributed by atoms with van der Waals surface area (Å²) in [5.74, 6) is -2.02. The van der Waals surface area contributed by atoms with Crippen LogP contribution in [0.5, 0.6) is 0 Å². The zero-order valence-corrected chi connectivity index (χ0v) is 15.4. The van der Waals surface area contributed by atoms with E-state index in [-0.39, 0.29) is 11.3 Å². The molecule has 8 heteroatoms. The van der Waals surface area contributed by atoms with E-state index in [4.69, 9.17) is 4.74 Å². The molecule has 5 nitrogen and oxygen atoms in total. The SMILES string of the molecule is CN(C(=O)c1cc(F)c(N2CCOCC2)c(F)c1)c1nc2ccccc2s1. The quantitative estimate of drug-likeness (QED) is 0.686. The fourth-order valence-electron chi connectivity index (χ4n) is 3.06. The number of anilines is 2.